The Hall–Kier alpha value is -1.98. The van der Waals surface area contributed by atoms with Gasteiger partial charge in [0, 0.05) is 36.7 Å². The maximum Gasteiger partial charge on any atom is 0.0794 e. The lowest BCUT2D eigenvalue weighted by atomic mass is 10.2. The fraction of sp³-hybridized carbons (Fsp3) is 0.250. The molecule has 0 bridgehead atoms. The molecule has 108 valence electrons. The molecule has 3 aromatic rings. The minimum absolute atomic E-state index is 0.819. The number of hydrogen-bond acceptors (Lipinski definition) is 4. The van der Waals surface area contributed by atoms with Crippen LogP contribution in [0.2, 0.25) is 0 Å². The number of hydrogen-bond donors (Lipinski definition) is 1. The molecule has 2 aromatic heterocycles. The van der Waals surface area contributed by atoms with Crippen LogP contribution in [-0.4, -0.2) is 21.3 Å². The highest BCUT2D eigenvalue weighted by Crippen LogP contribution is 2.04. The van der Waals surface area contributed by atoms with Crippen LogP contribution < -0.4 is 5.32 Å². The first-order valence-corrected chi connectivity index (χ1v) is 7.97. The minimum Gasteiger partial charge on any atom is -0.312 e. The lowest BCUT2D eigenvalue weighted by Crippen LogP contribution is -2.16. The van der Waals surface area contributed by atoms with Crippen molar-refractivity contribution in [3.63, 3.8) is 0 Å². The van der Waals surface area contributed by atoms with Crippen molar-refractivity contribution in [2.24, 2.45) is 0 Å². The van der Waals surface area contributed by atoms with Gasteiger partial charge in [-0.3, -0.25) is 4.68 Å². The van der Waals surface area contributed by atoms with Gasteiger partial charge in [-0.25, -0.2) is 4.98 Å². The standard InChI is InChI=1S/C16H18N4S/c1-2-4-14(5-3-1)10-20-11-15(9-19-20)8-17-7-6-16-12-21-13-18-16/h1-5,9,11-13,17H,6-8,10H2. The summed E-state index contributed by atoms with van der Waals surface area (Å²) in [6.07, 6.45) is 5.00. The topological polar surface area (TPSA) is 42.7 Å². The van der Waals surface area contributed by atoms with Gasteiger partial charge in [0.1, 0.15) is 0 Å². The smallest absolute Gasteiger partial charge is 0.0794 e. The summed E-state index contributed by atoms with van der Waals surface area (Å²) < 4.78 is 1.98. The molecule has 0 saturated heterocycles. The van der Waals surface area contributed by atoms with Crippen LogP contribution in [0.3, 0.4) is 0 Å². The first-order chi connectivity index (χ1) is 10.4. The zero-order chi connectivity index (χ0) is 14.3. The Balaban J connectivity index is 1.44. The Kier molecular flexibility index (Phi) is 4.76. The Morgan fingerprint density at radius 1 is 1.14 bits per heavy atom. The molecule has 0 atom stereocenters. The number of rotatable bonds is 7. The second-order valence-electron chi connectivity index (χ2n) is 4.94. The maximum atomic E-state index is 4.41. The van der Waals surface area contributed by atoms with Crippen molar-refractivity contribution in [2.45, 2.75) is 19.5 Å². The molecule has 0 fully saturated rings. The third-order valence-corrected chi connectivity index (χ3v) is 3.88. The molecular formula is C16H18N4S. The summed E-state index contributed by atoms with van der Waals surface area (Å²) in [6.45, 7) is 2.60. The van der Waals surface area contributed by atoms with Crippen LogP contribution in [-0.2, 0) is 19.5 Å². The SMILES string of the molecule is c1ccc(Cn2cc(CNCCc3cscn3)cn2)cc1. The van der Waals surface area contributed by atoms with Crippen LogP contribution in [0.4, 0.5) is 0 Å². The van der Waals surface area contributed by atoms with E-state index in [0.29, 0.717) is 0 Å². The molecule has 1 aromatic carbocycles. The highest BCUT2D eigenvalue weighted by Gasteiger charge is 2.00. The molecule has 5 heteroatoms. The Labute approximate surface area is 128 Å². The van der Waals surface area contributed by atoms with Crippen molar-refractivity contribution in [2.75, 3.05) is 6.54 Å². The minimum atomic E-state index is 0.819. The van der Waals surface area contributed by atoms with E-state index < -0.39 is 0 Å². The van der Waals surface area contributed by atoms with Gasteiger partial charge in [0.15, 0.2) is 0 Å². The van der Waals surface area contributed by atoms with Crippen LogP contribution in [0.25, 0.3) is 0 Å². The molecule has 0 amide bonds. The number of thiazole rings is 1. The Morgan fingerprint density at radius 2 is 2.05 bits per heavy atom. The normalized spacial score (nSPS) is 10.9. The van der Waals surface area contributed by atoms with Gasteiger partial charge in [0.25, 0.3) is 0 Å². The highest BCUT2D eigenvalue weighted by atomic mass is 32.1. The van der Waals surface area contributed by atoms with E-state index in [0.717, 1.165) is 31.7 Å². The molecule has 0 saturated carbocycles. The molecule has 0 unspecified atom stereocenters. The lowest BCUT2D eigenvalue weighted by Gasteiger charge is -2.02. The maximum absolute atomic E-state index is 4.41. The molecule has 0 aliphatic rings. The number of benzene rings is 1. The quantitative estimate of drug-likeness (QED) is 0.682. The zero-order valence-electron chi connectivity index (χ0n) is 11.8. The summed E-state index contributed by atoms with van der Waals surface area (Å²) in [5.41, 5.74) is 5.52. The summed E-state index contributed by atoms with van der Waals surface area (Å²) in [5.74, 6) is 0. The molecule has 2 heterocycles. The van der Waals surface area contributed by atoms with Crippen molar-refractivity contribution in [3.8, 4) is 0 Å². The van der Waals surface area contributed by atoms with Crippen molar-refractivity contribution in [1.29, 1.82) is 0 Å². The van der Waals surface area contributed by atoms with Crippen molar-refractivity contribution >= 4 is 11.3 Å². The van der Waals surface area contributed by atoms with Crippen LogP contribution in [0.15, 0.2) is 53.6 Å². The zero-order valence-corrected chi connectivity index (χ0v) is 12.6. The average molecular weight is 298 g/mol. The van der Waals surface area contributed by atoms with Gasteiger partial charge in [-0.1, -0.05) is 30.3 Å². The monoisotopic (exact) mass is 298 g/mol. The average Bonchev–Trinajstić information content (AvgIpc) is 3.17. The number of nitrogens with one attached hydrogen (secondary N) is 1. The largest absolute Gasteiger partial charge is 0.312 e. The molecule has 0 aliphatic heterocycles. The third-order valence-electron chi connectivity index (χ3n) is 3.24. The predicted molar refractivity (Wildman–Crippen MR) is 85.3 cm³/mol. The van der Waals surface area contributed by atoms with Crippen LogP contribution in [0.1, 0.15) is 16.8 Å². The molecule has 3 rings (SSSR count). The van der Waals surface area contributed by atoms with Crippen molar-refractivity contribution in [3.05, 3.63) is 70.4 Å². The fourth-order valence-electron chi connectivity index (χ4n) is 2.16. The van der Waals surface area contributed by atoms with Gasteiger partial charge in [0.2, 0.25) is 0 Å². The predicted octanol–water partition coefficient (Wildman–Crippen LogP) is 2.72. The van der Waals surface area contributed by atoms with Crippen molar-refractivity contribution in [1.82, 2.24) is 20.1 Å². The van der Waals surface area contributed by atoms with Gasteiger partial charge in [-0.2, -0.15) is 5.10 Å². The number of nitrogens with zero attached hydrogens (tertiary/aromatic N) is 3. The van der Waals surface area contributed by atoms with E-state index in [4.69, 9.17) is 0 Å². The Morgan fingerprint density at radius 3 is 2.86 bits per heavy atom. The van der Waals surface area contributed by atoms with Gasteiger partial charge in [-0.05, 0) is 5.56 Å². The van der Waals surface area contributed by atoms with Crippen LogP contribution in [0.5, 0.6) is 0 Å². The van der Waals surface area contributed by atoms with Gasteiger partial charge >= 0.3 is 0 Å². The molecule has 0 radical (unpaired) electrons. The third kappa shape index (κ3) is 4.24. The van der Waals surface area contributed by atoms with Crippen LogP contribution >= 0.6 is 11.3 Å². The fourth-order valence-corrected chi connectivity index (χ4v) is 2.76. The molecule has 0 aliphatic carbocycles. The summed E-state index contributed by atoms with van der Waals surface area (Å²) in [7, 11) is 0. The van der Waals surface area contributed by atoms with E-state index in [9.17, 15) is 0 Å². The molecular weight excluding hydrogens is 280 g/mol. The Bertz CT molecular complexity index is 646. The second-order valence-corrected chi connectivity index (χ2v) is 5.66. The molecule has 1 N–H and O–H groups in total. The molecule has 4 nitrogen and oxygen atoms in total. The molecule has 0 spiro atoms. The van der Waals surface area contributed by atoms with Gasteiger partial charge < -0.3 is 5.32 Å². The van der Waals surface area contributed by atoms with Crippen LogP contribution in [0, 0.1) is 0 Å². The first-order valence-electron chi connectivity index (χ1n) is 7.03. The summed E-state index contributed by atoms with van der Waals surface area (Å²) in [4.78, 5) is 4.27. The first kappa shape index (κ1) is 14.0. The van der Waals surface area contributed by atoms with E-state index in [2.05, 4.69) is 51.2 Å². The summed E-state index contributed by atoms with van der Waals surface area (Å²) in [5, 5.41) is 9.93. The van der Waals surface area contributed by atoms with E-state index >= 15 is 0 Å². The van der Waals surface area contributed by atoms with Gasteiger partial charge in [0.05, 0.1) is 23.9 Å². The van der Waals surface area contributed by atoms with E-state index in [1.807, 2.05) is 22.5 Å². The van der Waals surface area contributed by atoms with Gasteiger partial charge in [-0.15, -0.1) is 11.3 Å². The molecule has 21 heavy (non-hydrogen) atoms. The lowest BCUT2D eigenvalue weighted by molar-refractivity contribution is 0.672. The summed E-state index contributed by atoms with van der Waals surface area (Å²) in [6, 6.07) is 10.4. The highest BCUT2D eigenvalue weighted by molar-refractivity contribution is 7.07. The van der Waals surface area contributed by atoms with Crippen molar-refractivity contribution < 1.29 is 0 Å². The summed E-state index contributed by atoms with van der Waals surface area (Å²) >= 11 is 1.65. The van der Waals surface area contributed by atoms with E-state index in [-0.39, 0.29) is 0 Å². The second kappa shape index (κ2) is 7.15. The number of aromatic nitrogens is 3. The van der Waals surface area contributed by atoms with E-state index in [1.54, 1.807) is 11.3 Å². The van der Waals surface area contributed by atoms with E-state index in [1.165, 1.54) is 11.1 Å².